The number of guanidine groups is 1. The van der Waals surface area contributed by atoms with Crippen LogP contribution in [0, 0.1) is 0 Å². The fourth-order valence-electron chi connectivity index (χ4n) is 1.92. The summed E-state index contributed by atoms with van der Waals surface area (Å²) in [5.41, 5.74) is -1.02. The highest BCUT2D eigenvalue weighted by atomic mass is 79.9. The van der Waals surface area contributed by atoms with Crippen molar-refractivity contribution in [1.82, 2.24) is 10.6 Å². The molecule has 9 nitrogen and oxygen atoms in total. The number of nitrogens with zero attached hydrogens (tertiary/aromatic N) is 1. The fourth-order valence-corrected chi connectivity index (χ4v) is 2.32. The fraction of sp³-hybridized carbons (Fsp3) is 0.526. The standard InChI is InChI=1S/C19H28BrN3O6/c1-18(2,3)28-16(26)22-15(23-17(27)29-19(4,5)6)21-10-14(25)11-7-8-13(24)12(20)9-11/h7-9,14,24-25H,10H2,1-6H3,(H2,21,22,23,26,27). The molecule has 0 heterocycles. The molecule has 29 heavy (non-hydrogen) atoms. The van der Waals surface area contributed by atoms with Gasteiger partial charge in [-0.25, -0.2) is 14.6 Å². The van der Waals surface area contributed by atoms with E-state index in [4.69, 9.17) is 9.47 Å². The van der Waals surface area contributed by atoms with E-state index in [-0.39, 0.29) is 18.3 Å². The van der Waals surface area contributed by atoms with Gasteiger partial charge in [0.05, 0.1) is 17.1 Å². The van der Waals surface area contributed by atoms with Crippen LogP contribution in [0.4, 0.5) is 9.59 Å². The number of rotatable bonds is 3. The lowest BCUT2D eigenvalue weighted by Crippen LogP contribution is -2.47. The molecule has 1 aromatic carbocycles. The van der Waals surface area contributed by atoms with E-state index in [0.29, 0.717) is 10.0 Å². The molecule has 1 unspecified atom stereocenters. The molecule has 162 valence electrons. The molecule has 0 saturated heterocycles. The van der Waals surface area contributed by atoms with E-state index in [2.05, 4.69) is 31.6 Å². The monoisotopic (exact) mass is 473 g/mol. The van der Waals surface area contributed by atoms with Crippen LogP contribution in [0.2, 0.25) is 0 Å². The molecular formula is C19H28BrN3O6. The predicted molar refractivity (Wildman–Crippen MR) is 112 cm³/mol. The Morgan fingerprint density at radius 3 is 1.97 bits per heavy atom. The summed E-state index contributed by atoms with van der Waals surface area (Å²) in [5, 5.41) is 24.5. The van der Waals surface area contributed by atoms with E-state index in [1.54, 1.807) is 41.5 Å². The Balaban J connectivity index is 2.93. The number of hydrogen-bond donors (Lipinski definition) is 4. The molecule has 0 aliphatic heterocycles. The average Bonchev–Trinajstić information content (AvgIpc) is 2.51. The molecule has 1 rings (SSSR count). The molecule has 4 N–H and O–H groups in total. The van der Waals surface area contributed by atoms with Gasteiger partial charge in [0.15, 0.2) is 0 Å². The molecule has 2 amide bonds. The quantitative estimate of drug-likeness (QED) is 0.392. The van der Waals surface area contributed by atoms with Gasteiger partial charge >= 0.3 is 12.2 Å². The lowest BCUT2D eigenvalue weighted by molar-refractivity contribution is 0.0544. The maximum atomic E-state index is 12.0. The molecule has 1 aromatic rings. The van der Waals surface area contributed by atoms with E-state index < -0.39 is 29.5 Å². The van der Waals surface area contributed by atoms with Crippen molar-refractivity contribution in [3.05, 3.63) is 28.2 Å². The Morgan fingerprint density at radius 1 is 1.07 bits per heavy atom. The van der Waals surface area contributed by atoms with Gasteiger partial charge < -0.3 is 19.7 Å². The second-order valence-corrected chi connectivity index (χ2v) is 9.02. The highest BCUT2D eigenvalue weighted by Crippen LogP contribution is 2.27. The number of carbonyl (C=O) groups excluding carboxylic acids is 2. The first-order chi connectivity index (χ1) is 13.2. The van der Waals surface area contributed by atoms with Gasteiger partial charge in [0.2, 0.25) is 5.96 Å². The summed E-state index contributed by atoms with van der Waals surface area (Å²) in [6.45, 7) is 9.97. The number of nitrogens with one attached hydrogen (secondary N) is 2. The zero-order chi connectivity index (χ0) is 22.4. The van der Waals surface area contributed by atoms with E-state index in [0.717, 1.165) is 0 Å². The highest BCUT2D eigenvalue weighted by molar-refractivity contribution is 9.10. The van der Waals surface area contributed by atoms with Gasteiger partial charge in [-0.3, -0.25) is 10.6 Å². The summed E-state index contributed by atoms with van der Waals surface area (Å²) < 4.78 is 10.7. The Labute approximate surface area is 178 Å². The lowest BCUT2D eigenvalue weighted by Gasteiger charge is -2.22. The van der Waals surface area contributed by atoms with Gasteiger partial charge in [-0.2, -0.15) is 0 Å². The average molecular weight is 474 g/mol. The number of carbonyl (C=O) groups is 2. The molecule has 0 aliphatic rings. The number of benzene rings is 1. The maximum Gasteiger partial charge on any atom is 0.414 e. The molecule has 0 radical (unpaired) electrons. The second-order valence-electron chi connectivity index (χ2n) is 8.17. The van der Waals surface area contributed by atoms with Gasteiger partial charge in [0.1, 0.15) is 17.0 Å². The molecule has 0 spiro atoms. The number of aliphatic hydroxyl groups excluding tert-OH is 1. The zero-order valence-electron chi connectivity index (χ0n) is 17.4. The van der Waals surface area contributed by atoms with Crippen molar-refractivity contribution in [3.63, 3.8) is 0 Å². The predicted octanol–water partition coefficient (Wildman–Crippen LogP) is 3.59. The summed E-state index contributed by atoms with van der Waals surface area (Å²) in [4.78, 5) is 28.1. The highest BCUT2D eigenvalue weighted by Gasteiger charge is 2.21. The number of ether oxygens (including phenoxy) is 2. The van der Waals surface area contributed by atoms with Crippen LogP contribution in [0.1, 0.15) is 53.2 Å². The van der Waals surface area contributed by atoms with Crippen LogP contribution in [0.5, 0.6) is 5.75 Å². The molecule has 0 saturated carbocycles. The van der Waals surface area contributed by atoms with Crippen LogP contribution in [-0.4, -0.2) is 46.1 Å². The summed E-state index contributed by atoms with van der Waals surface area (Å²) in [6, 6.07) is 4.49. The van der Waals surface area contributed by atoms with Gasteiger partial charge in [-0.15, -0.1) is 0 Å². The van der Waals surface area contributed by atoms with Crippen molar-refractivity contribution in [2.24, 2.45) is 4.99 Å². The van der Waals surface area contributed by atoms with Crippen molar-refractivity contribution in [3.8, 4) is 5.75 Å². The van der Waals surface area contributed by atoms with E-state index in [9.17, 15) is 19.8 Å². The first kappa shape index (κ1) is 24.7. The Kier molecular flexibility index (Phi) is 8.46. The number of phenolic OH excluding ortho intramolecular Hbond substituents is 1. The first-order valence-electron chi connectivity index (χ1n) is 8.87. The number of phenols is 1. The normalized spacial score (nSPS) is 12.6. The van der Waals surface area contributed by atoms with Crippen molar-refractivity contribution < 1.29 is 29.3 Å². The van der Waals surface area contributed by atoms with Gasteiger partial charge in [-0.1, -0.05) is 6.07 Å². The summed E-state index contributed by atoms with van der Waals surface area (Å²) in [7, 11) is 0. The summed E-state index contributed by atoms with van der Waals surface area (Å²) in [6.07, 6.45) is -2.70. The lowest BCUT2D eigenvalue weighted by atomic mass is 10.1. The minimum absolute atomic E-state index is 0.0309. The SMILES string of the molecule is CC(C)(C)OC(=O)NC(=NCC(O)c1ccc(O)c(Br)c1)NC(=O)OC(C)(C)C. The third kappa shape index (κ3) is 10.1. The number of aliphatic hydroxyl groups is 1. The van der Waals surface area contributed by atoms with Crippen LogP contribution in [0.15, 0.2) is 27.7 Å². The smallest absolute Gasteiger partial charge is 0.414 e. The number of amides is 2. The third-order valence-electron chi connectivity index (χ3n) is 3.02. The number of halogens is 1. The molecule has 1 atom stereocenters. The topological polar surface area (TPSA) is 129 Å². The number of hydrogen-bond acceptors (Lipinski definition) is 7. The number of aromatic hydroxyl groups is 1. The molecule has 0 aliphatic carbocycles. The second kappa shape index (κ2) is 9.93. The van der Waals surface area contributed by atoms with Crippen LogP contribution in [0.25, 0.3) is 0 Å². The summed E-state index contributed by atoms with van der Waals surface area (Å²) in [5.74, 6) is -0.200. The van der Waals surface area contributed by atoms with E-state index in [1.165, 1.54) is 18.2 Å². The Morgan fingerprint density at radius 2 is 1.55 bits per heavy atom. The van der Waals surface area contributed by atoms with Crippen LogP contribution < -0.4 is 10.6 Å². The molecule has 0 fully saturated rings. The van der Waals surface area contributed by atoms with Crippen LogP contribution in [0.3, 0.4) is 0 Å². The minimum atomic E-state index is -1.05. The number of aliphatic imine (C=N–C) groups is 1. The van der Waals surface area contributed by atoms with Crippen LogP contribution >= 0.6 is 15.9 Å². The van der Waals surface area contributed by atoms with Gasteiger partial charge in [-0.05, 0) is 75.2 Å². The van der Waals surface area contributed by atoms with Gasteiger partial charge in [0, 0.05) is 0 Å². The number of alkyl carbamates (subject to hydrolysis) is 2. The zero-order valence-corrected chi connectivity index (χ0v) is 19.0. The van der Waals surface area contributed by atoms with Crippen molar-refractivity contribution in [1.29, 1.82) is 0 Å². The van der Waals surface area contributed by atoms with Crippen molar-refractivity contribution in [2.45, 2.75) is 58.8 Å². The van der Waals surface area contributed by atoms with E-state index in [1.807, 2.05) is 0 Å². The van der Waals surface area contributed by atoms with E-state index >= 15 is 0 Å². The minimum Gasteiger partial charge on any atom is -0.507 e. The maximum absolute atomic E-state index is 12.0. The van der Waals surface area contributed by atoms with Crippen molar-refractivity contribution in [2.75, 3.05) is 6.54 Å². The Hall–Kier alpha value is -2.33. The molecule has 0 aromatic heterocycles. The molecule has 0 bridgehead atoms. The van der Waals surface area contributed by atoms with Crippen LogP contribution in [-0.2, 0) is 9.47 Å². The molecular weight excluding hydrogens is 446 g/mol. The van der Waals surface area contributed by atoms with Crippen molar-refractivity contribution >= 4 is 34.1 Å². The third-order valence-corrected chi connectivity index (χ3v) is 3.65. The van der Waals surface area contributed by atoms with Gasteiger partial charge in [0.25, 0.3) is 0 Å². The first-order valence-corrected chi connectivity index (χ1v) is 9.66. The summed E-state index contributed by atoms with van der Waals surface area (Å²) >= 11 is 3.17. The Bertz CT molecular complexity index is 736. The molecule has 10 heteroatoms. The largest absolute Gasteiger partial charge is 0.507 e.